The van der Waals surface area contributed by atoms with E-state index in [1.54, 1.807) is 30.8 Å². The molecule has 1 N–H and O–H groups in total. The average Bonchev–Trinajstić information content (AvgIpc) is 2.85. The van der Waals surface area contributed by atoms with Gasteiger partial charge >= 0.3 is 0 Å². The maximum absolute atomic E-state index is 8.89. The van der Waals surface area contributed by atoms with Crippen LogP contribution in [-0.2, 0) is 6.73 Å². The molecule has 70 valence electrons. The lowest BCUT2D eigenvalue weighted by molar-refractivity contribution is 0.211. The van der Waals surface area contributed by atoms with Gasteiger partial charge in [-0.25, -0.2) is 0 Å². The first-order valence-corrected chi connectivity index (χ1v) is 4.09. The zero-order valence-electron chi connectivity index (χ0n) is 7.34. The standard InChI is InChI=1S/C10H8N2O2/c11-4-8-5-12(7-13)6-9(8)10-2-1-3-14-10/h1-3,5-6,13H,7H2. The highest BCUT2D eigenvalue weighted by Gasteiger charge is 2.10. The molecule has 2 aromatic rings. The molecule has 0 amide bonds. The van der Waals surface area contributed by atoms with Crippen molar-refractivity contribution in [1.29, 1.82) is 5.26 Å². The summed E-state index contributed by atoms with van der Waals surface area (Å²) in [5.41, 5.74) is 1.19. The van der Waals surface area contributed by atoms with Gasteiger partial charge in [-0.3, -0.25) is 0 Å². The molecule has 0 aliphatic rings. The van der Waals surface area contributed by atoms with E-state index < -0.39 is 0 Å². The number of nitriles is 1. The van der Waals surface area contributed by atoms with Crippen LogP contribution in [0.3, 0.4) is 0 Å². The average molecular weight is 188 g/mol. The number of aliphatic hydroxyl groups excluding tert-OH is 1. The summed E-state index contributed by atoms with van der Waals surface area (Å²) in [6.07, 6.45) is 4.81. The van der Waals surface area contributed by atoms with Crippen molar-refractivity contribution in [3.63, 3.8) is 0 Å². The predicted molar refractivity (Wildman–Crippen MR) is 49.1 cm³/mol. The summed E-state index contributed by atoms with van der Waals surface area (Å²) in [5, 5.41) is 17.7. The van der Waals surface area contributed by atoms with E-state index in [0.717, 1.165) is 0 Å². The van der Waals surface area contributed by atoms with Gasteiger partial charge in [-0.2, -0.15) is 5.26 Å². The highest BCUT2D eigenvalue weighted by molar-refractivity contribution is 5.65. The molecular weight excluding hydrogens is 180 g/mol. The van der Waals surface area contributed by atoms with Crippen LogP contribution < -0.4 is 0 Å². The molecule has 2 aromatic heterocycles. The van der Waals surface area contributed by atoms with Crippen molar-refractivity contribution in [3.8, 4) is 17.4 Å². The zero-order chi connectivity index (χ0) is 9.97. The maximum atomic E-state index is 8.89. The Morgan fingerprint density at radius 2 is 2.36 bits per heavy atom. The van der Waals surface area contributed by atoms with Gasteiger partial charge in [-0.05, 0) is 12.1 Å². The highest BCUT2D eigenvalue weighted by Crippen LogP contribution is 2.24. The molecule has 4 heteroatoms. The van der Waals surface area contributed by atoms with Gasteiger partial charge in [0.1, 0.15) is 18.6 Å². The van der Waals surface area contributed by atoms with Gasteiger partial charge in [0.15, 0.2) is 0 Å². The van der Waals surface area contributed by atoms with Crippen LogP contribution in [-0.4, -0.2) is 9.67 Å². The molecule has 0 aromatic carbocycles. The third-order valence-electron chi connectivity index (χ3n) is 1.95. The molecule has 0 spiro atoms. The molecule has 0 saturated carbocycles. The minimum atomic E-state index is -0.143. The lowest BCUT2D eigenvalue weighted by Gasteiger charge is -1.92. The number of rotatable bonds is 2. The second-order valence-corrected chi connectivity index (χ2v) is 2.83. The lowest BCUT2D eigenvalue weighted by Crippen LogP contribution is -1.90. The van der Waals surface area contributed by atoms with Gasteiger partial charge in [0, 0.05) is 12.4 Å². The second kappa shape index (κ2) is 3.40. The summed E-state index contributed by atoms with van der Waals surface area (Å²) < 4.78 is 6.70. The van der Waals surface area contributed by atoms with Crippen molar-refractivity contribution >= 4 is 0 Å². The third-order valence-corrected chi connectivity index (χ3v) is 1.95. The van der Waals surface area contributed by atoms with Gasteiger partial charge in [-0.1, -0.05) is 0 Å². The minimum Gasteiger partial charge on any atom is -0.464 e. The number of aliphatic hydroxyl groups is 1. The van der Waals surface area contributed by atoms with Crippen LogP contribution in [0.5, 0.6) is 0 Å². The molecule has 0 aliphatic heterocycles. The normalized spacial score (nSPS) is 10.0. The van der Waals surface area contributed by atoms with Crippen LogP contribution >= 0.6 is 0 Å². The Labute approximate surface area is 80.6 Å². The Bertz CT molecular complexity index is 463. The maximum Gasteiger partial charge on any atom is 0.136 e. The van der Waals surface area contributed by atoms with E-state index in [0.29, 0.717) is 16.9 Å². The SMILES string of the molecule is N#Cc1cn(CO)cc1-c1ccco1. The topological polar surface area (TPSA) is 62.1 Å². The minimum absolute atomic E-state index is 0.143. The fraction of sp³-hybridized carbons (Fsp3) is 0.100. The van der Waals surface area contributed by atoms with Crippen molar-refractivity contribution in [1.82, 2.24) is 4.57 Å². The molecule has 0 radical (unpaired) electrons. The van der Waals surface area contributed by atoms with E-state index in [4.69, 9.17) is 14.8 Å². The first-order chi connectivity index (χ1) is 6.85. The molecular formula is C10H8N2O2. The van der Waals surface area contributed by atoms with Gasteiger partial charge in [0.2, 0.25) is 0 Å². The quantitative estimate of drug-likeness (QED) is 0.778. The fourth-order valence-electron chi connectivity index (χ4n) is 1.31. The van der Waals surface area contributed by atoms with Gasteiger partial charge in [0.05, 0.1) is 17.4 Å². The number of hydrogen-bond acceptors (Lipinski definition) is 3. The zero-order valence-corrected chi connectivity index (χ0v) is 7.34. The summed E-state index contributed by atoms with van der Waals surface area (Å²) in [5.74, 6) is 0.633. The lowest BCUT2D eigenvalue weighted by atomic mass is 10.2. The fourth-order valence-corrected chi connectivity index (χ4v) is 1.31. The molecule has 14 heavy (non-hydrogen) atoms. The van der Waals surface area contributed by atoms with Crippen molar-refractivity contribution in [3.05, 3.63) is 36.4 Å². The van der Waals surface area contributed by atoms with Crippen LogP contribution in [0.1, 0.15) is 5.56 Å². The molecule has 0 bridgehead atoms. The van der Waals surface area contributed by atoms with E-state index in [9.17, 15) is 0 Å². The molecule has 0 saturated heterocycles. The smallest absolute Gasteiger partial charge is 0.136 e. The monoisotopic (exact) mass is 188 g/mol. The third kappa shape index (κ3) is 1.30. The Balaban J connectivity index is 2.53. The molecule has 0 aliphatic carbocycles. The summed E-state index contributed by atoms with van der Waals surface area (Å²) in [6, 6.07) is 5.58. The van der Waals surface area contributed by atoms with E-state index >= 15 is 0 Å². The largest absolute Gasteiger partial charge is 0.464 e. The first-order valence-electron chi connectivity index (χ1n) is 4.09. The van der Waals surface area contributed by atoms with Crippen LogP contribution in [0.2, 0.25) is 0 Å². The van der Waals surface area contributed by atoms with Crippen LogP contribution in [0.15, 0.2) is 35.2 Å². The number of aromatic nitrogens is 1. The Hall–Kier alpha value is -1.99. The van der Waals surface area contributed by atoms with Crippen molar-refractivity contribution < 1.29 is 9.52 Å². The number of nitrogens with zero attached hydrogens (tertiary/aromatic N) is 2. The molecule has 4 nitrogen and oxygen atoms in total. The van der Waals surface area contributed by atoms with Crippen molar-refractivity contribution in [2.45, 2.75) is 6.73 Å². The van der Waals surface area contributed by atoms with E-state index in [-0.39, 0.29) is 6.73 Å². The van der Waals surface area contributed by atoms with Crippen LogP contribution in [0.25, 0.3) is 11.3 Å². The Morgan fingerprint density at radius 1 is 1.50 bits per heavy atom. The van der Waals surface area contributed by atoms with Crippen molar-refractivity contribution in [2.75, 3.05) is 0 Å². The highest BCUT2D eigenvalue weighted by atomic mass is 16.3. The van der Waals surface area contributed by atoms with Crippen LogP contribution in [0, 0.1) is 11.3 Å². The Kier molecular flexibility index (Phi) is 2.09. The van der Waals surface area contributed by atoms with Crippen molar-refractivity contribution in [2.24, 2.45) is 0 Å². The van der Waals surface area contributed by atoms with Gasteiger partial charge < -0.3 is 14.1 Å². The molecule has 2 heterocycles. The predicted octanol–water partition coefficient (Wildman–Crippen LogP) is 1.57. The Morgan fingerprint density at radius 3 is 2.93 bits per heavy atom. The van der Waals surface area contributed by atoms with E-state index in [1.165, 1.54) is 4.57 Å². The van der Waals surface area contributed by atoms with Gasteiger partial charge in [0.25, 0.3) is 0 Å². The summed E-state index contributed by atoms with van der Waals surface area (Å²) >= 11 is 0. The van der Waals surface area contributed by atoms with Gasteiger partial charge in [-0.15, -0.1) is 0 Å². The van der Waals surface area contributed by atoms with E-state index in [2.05, 4.69) is 0 Å². The number of hydrogen-bond donors (Lipinski definition) is 1. The van der Waals surface area contributed by atoms with Crippen LogP contribution in [0.4, 0.5) is 0 Å². The summed E-state index contributed by atoms with van der Waals surface area (Å²) in [4.78, 5) is 0. The molecule has 2 rings (SSSR count). The molecule has 0 unspecified atom stereocenters. The summed E-state index contributed by atoms with van der Waals surface area (Å²) in [6.45, 7) is -0.143. The summed E-state index contributed by atoms with van der Waals surface area (Å²) in [7, 11) is 0. The number of furan rings is 1. The first kappa shape index (κ1) is 8.60. The molecule has 0 atom stereocenters. The van der Waals surface area contributed by atoms with E-state index in [1.807, 2.05) is 6.07 Å². The molecule has 0 fully saturated rings. The second-order valence-electron chi connectivity index (χ2n) is 2.83.